The summed E-state index contributed by atoms with van der Waals surface area (Å²) in [4.78, 5) is 12.2. The molecule has 0 N–H and O–H groups in total. The second-order valence-electron chi connectivity index (χ2n) is 3.78. The minimum absolute atomic E-state index is 0.0684. The van der Waals surface area contributed by atoms with Crippen LogP contribution in [0.3, 0.4) is 0 Å². The van der Waals surface area contributed by atoms with Gasteiger partial charge in [-0.1, -0.05) is 29.3 Å². The maximum atomic E-state index is 13.7. The summed E-state index contributed by atoms with van der Waals surface area (Å²) in [6.07, 6.45) is 0. The van der Waals surface area contributed by atoms with Crippen LogP contribution in [0.5, 0.6) is 5.75 Å². The highest BCUT2D eigenvalue weighted by molar-refractivity contribution is 6.35. The van der Waals surface area contributed by atoms with E-state index in [0.717, 1.165) is 0 Å². The summed E-state index contributed by atoms with van der Waals surface area (Å²) in [5.74, 6) is -0.829. The molecule has 0 fully saturated rings. The SMILES string of the molecule is COc1cc(C(=O)c2c(F)cccc2Cl)ccc1Cl. The average Bonchev–Trinajstić information content (AvgIpc) is 2.39. The predicted octanol–water partition coefficient (Wildman–Crippen LogP) is 4.37. The first-order chi connectivity index (χ1) is 9.04. The molecule has 0 heterocycles. The number of benzene rings is 2. The topological polar surface area (TPSA) is 26.3 Å². The Morgan fingerprint density at radius 2 is 1.89 bits per heavy atom. The number of hydrogen-bond acceptors (Lipinski definition) is 2. The molecule has 0 atom stereocenters. The fourth-order valence-corrected chi connectivity index (χ4v) is 2.10. The predicted molar refractivity (Wildman–Crippen MR) is 72.8 cm³/mol. The van der Waals surface area contributed by atoms with Crippen LogP contribution in [0.1, 0.15) is 15.9 Å². The lowest BCUT2D eigenvalue weighted by Crippen LogP contribution is -2.05. The molecule has 98 valence electrons. The first-order valence-electron chi connectivity index (χ1n) is 5.37. The molecule has 0 radical (unpaired) electrons. The van der Waals surface area contributed by atoms with Gasteiger partial charge in [-0.05, 0) is 30.3 Å². The summed E-state index contributed by atoms with van der Waals surface area (Å²) < 4.78 is 18.7. The van der Waals surface area contributed by atoms with Crippen LogP contribution in [0.2, 0.25) is 10.0 Å². The molecule has 2 aromatic carbocycles. The molecule has 2 aromatic rings. The quantitative estimate of drug-likeness (QED) is 0.787. The molecule has 0 aliphatic rings. The number of carbonyl (C=O) groups is 1. The molecule has 0 unspecified atom stereocenters. The van der Waals surface area contributed by atoms with Gasteiger partial charge in [0.25, 0.3) is 0 Å². The average molecular weight is 299 g/mol. The zero-order valence-corrected chi connectivity index (χ0v) is 11.4. The Bertz CT molecular complexity index is 621. The summed E-state index contributed by atoms with van der Waals surface area (Å²) in [6, 6.07) is 8.56. The molecule has 19 heavy (non-hydrogen) atoms. The number of halogens is 3. The molecule has 2 nitrogen and oxygen atoms in total. The van der Waals surface area contributed by atoms with Gasteiger partial charge in [-0.3, -0.25) is 4.79 Å². The number of ether oxygens (including phenoxy) is 1. The Labute approximate surface area is 119 Å². The molecular weight excluding hydrogens is 290 g/mol. The lowest BCUT2D eigenvalue weighted by molar-refractivity contribution is 0.103. The molecule has 0 aromatic heterocycles. The van der Waals surface area contributed by atoms with Gasteiger partial charge in [-0.2, -0.15) is 0 Å². The molecule has 0 spiro atoms. The Hall–Kier alpha value is -1.58. The minimum atomic E-state index is -0.661. The number of carbonyl (C=O) groups excluding carboxylic acids is 1. The maximum absolute atomic E-state index is 13.7. The molecule has 5 heteroatoms. The molecule has 0 saturated heterocycles. The number of ketones is 1. The van der Waals surface area contributed by atoms with E-state index >= 15 is 0 Å². The number of rotatable bonds is 3. The van der Waals surface area contributed by atoms with Crippen LogP contribution in [0, 0.1) is 5.82 Å². The summed E-state index contributed by atoms with van der Waals surface area (Å²) in [7, 11) is 1.44. The van der Waals surface area contributed by atoms with Gasteiger partial charge in [-0.25, -0.2) is 4.39 Å². The van der Waals surface area contributed by atoms with Crippen molar-refractivity contribution in [1.82, 2.24) is 0 Å². The van der Waals surface area contributed by atoms with Crippen molar-refractivity contribution in [2.75, 3.05) is 7.11 Å². The van der Waals surface area contributed by atoms with Gasteiger partial charge in [-0.15, -0.1) is 0 Å². The van der Waals surface area contributed by atoms with E-state index in [-0.39, 0.29) is 16.1 Å². The molecule has 2 rings (SSSR count). The van der Waals surface area contributed by atoms with Crippen LogP contribution in [0.15, 0.2) is 36.4 Å². The zero-order valence-electron chi connectivity index (χ0n) is 9.91. The Morgan fingerprint density at radius 3 is 2.53 bits per heavy atom. The van der Waals surface area contributed by atoms with Crippen molar-refractivity contribution in [2.45, 2.75) is 0 Å². The van der Waals surface area contributed by atoms with E-state index < -0.39 is 11.6 Å². The summed E-state index contributed by atoms with van der Waals surface area (Å²) >= 11 is 11.7. The van der Waals surface area contributed by atoms with Crippen molar-refractivity contribution < 1.29 is 13.9 Å². The summed E-state index contributed by atoms with van der Waals surface area (Å²) in [6.45, 7) is 0. The van der Waals surface area contributed by atoms with E-state index in [4.69, 9.17) is 27.9 Å². The first-order valence-corrected chi connectivity index (χ1v) is 6.12. The maximum Gasteiger partial charge on any atom is 0.197 e. The van der Waals surface area contributed by atoms with Crippen LogP contribution in [0.25, 0.3) is 0 Å². The third-order valence-electron chi connectivity index (χ3n) is 2.60. The van der Waals surface area contributed by atoms with Gasteiger partial charge in [0.05, 0.1) is 22.7 Å². The van der Waals surface area contributed by atoms with Gasteiger partial charge in [0, 0.05) is 5.56 Å². The van der Waals surface area contributed by atoms with Crippen molar-refractivity contribution in [3.63, 3.8) is 0 Å². The van der Waals surface area contributed by atoms with Crippen LogP contribution >= 0.6 is 23.2 Å². The van der Waals surface area contributed by atoms with E-state index in [9.17, 15) is 9.18 Å². The Morgan fingerprint density at radius 1 is 1.16 bits per heavy atom. The van der Waals surface area contributed by atoms with Crippen molar-refractivity contribution in [3.8, 4) is 5.75 Å². The largest absolute Gasteiger partial charge is 0.495 e. The van der Waals surface area contributed by atoms with Crippen molar-refractivity contribution in [1.29, 1.82) is 0 Å². The number of methoxy groups -OCH3 is 1. The molecule has 0 amide bonds. The standard InChI is InChI=1S/C14H9Cl2FO2/c1-19-12-7-8(5-6-9(12)15)14(18)13-10(16)3-2-4-11(13)17/h2-7H,1H3. The lowest BCUT2D eigenvalue weighted by Gasteiger charge is -2.08. The fourth-order valence-electron chi connectivity index (χ4n) is 1.66. The van der Waals surface area contributed by atoms with Gasteiger partial charge < -0.3 is 4.74 Å². The molecule has 0 saturated carbocycles. The van der Waals surface area contributed by atoms with Gasteiger partial charge >= 0.3 is 0 Å². The van der Waals surface area contributed by atoms with E-state index in [0.29, 0.717) is 10.8 Å². The first kappa shape index (κ1) is 13.8. The highest BCUT2D eigenvalue weighted by Gasteiger charge is 2.18. The Balaban J connectivity index is 2.50. The zero-order chi connectivity index (χ0) is 14.0. The smallest absolute Gasteiger partial charge is 0.197 e. The van der Waals surface area contributed by atoms with E-state index in [1.165, 1.54) is 43.5 Å². The second-order valence-corrected chi connectivity index (χ2v) is 4.59. The molecule has 0 aliphatic carbocycles. The van der Waals surface area contributed by atoms with E-state index in [1.54, 1.807) is 0 Å². The van der Waals surface area contributed by atoms with Crippen LogP contribution in [-0.2, 0) is 0 Å². The summed E-state index contributed by atoms with van der Waals surface area (Å²) in [5.41, 5.74) is 0.0989. The van der Waals surface area contributed by atoms with E-state index in [2.05, 4.69) is 0 Å². The van der Waals surface area contributed by atoms with E-state index in [1.807, 2.05) is 0 Å². The van der Waals surface area contributed by atoms with Crippen molar-refractivity contribution in [2.24, 2.45) is 0 Å². The summed E-state index contributed by atoms with van der Waals surface area (Å²) in [5, 5.41) is 0.442. The molecular formula is C14H9Cl2FO2. The second kappa shape index (κ2) is 5.59. The fraction of sp³-hybridized carbons (Fsp3) is 0.0714. The van der Waals surface area contributed by atoms with Crippen LogP contribution in [-0.4, -0.2) is 12.9 Å². The van der Waals surface area contributed by atoms with Crippen LogP contribution < -0.4 is 4.74 Å². The van der Waals surface area contributed by atoms with Gasteiger partial charge in [0.2, 0.25) is 0 Å². The highest BCUT2D eigenvalue weighted by atomic mass is 35.5. The van der Waals surface area contributed by atoms with Gasteiger partial charge in [0.1, 0.15) is 11.6 Å². The highest BCUT2D eigenvalue weighted by Crippen LogP contribution is 2.28. The normalized spacial score (nSPS) is 10.3. The monoisotopic (exact) mass is 298 g/mol. The molecule has 0 aliphatic heterocycles. The van der Waals surface area contributed by atoms with Gasteiger partial charge in [0.15, 0.2) is 5.78 Å². The van der Waals surface area contributed by atoms with Crippen molar-refractivity contribution in [3.05, 3.63) is 63.4 Å². The third-order valence-corrected chi connectivity index (χ3v) is 3.23. The van der Waals surface area contributed by atoms with Crippen molar-refractivity contribution >= 4 is 29.0 Å². The third kappa shape index (κ3) is 2.72. The Kier molecular flexibility index (Phi) is 4.08. The molecule has 0 bridgehead atoms. The lowest BCUT2D eigenvalue weighted by atomic mass is 10.0. The number of hydrogen-bond donors (Lipinski definition) is 0. The minimum Gasteiger partial charge on any atom is -0.495 e. The van der Waals surface area contributed by atoms with Crippen LogP contribution in [0.4, 0.5) is 4.39 Å².